The monoisotopic (exact) mass is 1190 g/mol. The first-order valence-corrected chi connectivity index (χ1v) is 32.5. The third-order valence-electron chi connectivity index (χ3n) is 12.4. The number of hydrogen-bond donors (Lipinski definition) is 0. The number of carbonyl (C=O) groups is 3. The highest BCUT2D eigenvalue weighted by molar-refractivity contribution is 5.70. The van der Waals surface area contributed by atoms with Gasteiger partial charge in [-0.05, 0) is 154 Å². The summed E-state index contributed by atoms with van der Waals surface area (Å²) in [5.74, 6) is -2.46. The molecule has 0 amide bonds. The maximum absolute atomic E-state index is 12.9. The van der Waals surface area contributed by atoms with Crippen LogP contribution in [0.5, 0.6) is 0 Å². The molecule has 0 radical (unpaired) electrons. The smallest absolute Gasteiger partial charge is 0.306 e. The van der Waals surface area contributed by atoms with Crippen molar-refractivity contribution in [2.75, 3.05) is 47.5 Å². The minimum atomic E-state index is -1.67. The second-order valence-electron chi connectivity index (χ2n) is 21.6. The number of unbranched alkanes of at least 4 members (excludes halogenated alkanes) is 3. The molecule has 0 heterocycles. The molecule has 0 bridgehead atoms. The van der Waals surface area contributed by atoms with Crippen molar-refractivity contribution >= 4 is 17.9 Å². The van der Waals surface area contributed by atoms with Crippen LogP contribution in [0.2, 0.25) is 0 Å². The van der Waals surface area contributed by atoms with Gasteiger partial charge < -0.3 is 33.3 Å². The Morgan fingerprint density at radius 3 is 0.908 bits per heavy atom. The van der Waals surface area contributed by atoms with Gasteiger partial charge in [0.2, 0.25) is 0 Å². The summed E-state index contributed by atoms with van der Waals surface area (Å²) in [4.78, 5) is 37.4. The maximum Gasteiger partial charge on any atom is 0.306 e. The van der Waals surface area contributed by atoms with Crippen LogP contribution >= 0.6 is 0 Å². The molecule has 9 heteroatoms. The van der Waals surface area contributed by atoms with E-state index >= 15 is 0 Å². The van der Waals surface area contributed by atoms with E-state index in [-0.39, 0.29) is 32.7 Å². The molecule has 0 saturated carbocycles. The zero-order valence-corrected chi connectivity index (χ0v) is 54.5. The van der Waals surface area contributed by atoms with Crippen molar-refractivity contribution in [2.24, 2.45) is 0 Å². The summed E-state index contributed by atoms with van der Waals surface area (Å²) in [5, 5.41) is 11.8. The van der Waals surface area contributed by atoms with Gasteiger partial charge in [0.05, 0.1) is 40.3 Å². The minimum Gasteiger partial charge on any atom is -0.545 e. The van der Waals surface area contributed by atoms with Crippen molar-refractivity contribution in [2.45, 2.75) is 193 Å². The predicted octanol–water partition coefficient (Wildman–Crippen LogP) is 19.0. The van der Waals surface area contributed by atoms with E-state index in [2.05, 4.69) is 245 Å². The first kappa shape index (κ1) is 80.3. The van der Waals surface area contributed by atoms with Crippen LogP contribution in [0.3, 0.4) is 0 Å². The minimum absolute atomic E-state index is 0.115. The van der Waals surface area contributed by atoms with Crippen LogP contribution < -0.4 is 5.11 Å². The van der Waals surface area contributed by atoms with Crippen LogP contribution in [-0.2, 0) is 33.3 Å². The Kier molecular flexibility index (Phi) is 60.3. The Balaban J connectivity index is 4.46. The van der Waals surface area contributed by atoms with E-state index in [0.717, 1.165) is 135 Å². The predicted molar refractivity (Wildman–Crippen MR) is 369 cm³/mol. The van der Waals surface area contributed by atoms with Crippen LogP contribution in [0.15, 0.2) is 231 Å². The molecule has 87 heavy (non-hydrogen) atoms. The van der Waals surface area contributed by atoms with Gasteiger partial charge in [0.1, 0.15) is 13.2 Å². The molecule has 2 atom stereocenters. The fourth-order valence-electron chi connectivity index (χ4n) is 7.50. The van der Waals surface area contributed by atoms with Gasteiger partial charge in [0.25, 0.3) is 0 Å². The van der Waals surface area contributed by atoms with Gasteiger partial charge >= 0.3 is 11.9 Å². The number of rotatable bonds is 56. The molecule has 9 nitrogen and oxygen atoms in total. The quantitative estimate of drug-likeness (QED) is 0.0195. The van der Waals surface area contributed by atoms with E-state index in [1.807, 2.05) is 21.1 Å². The van der Waals surface area contributed by atoms with Crippen molar-refractivity contribution in [1.29, 1.82) is 0 Å². The summed E-state index contributed by atoms with van der Waals surface area (Å²) >= 11 is 0. The molecule has 0 spiro atoms. The maximum atomic E-state index is 12.9. The summed E-state index contributed by atoms with van der Waals surface area (Å²) in [5.41, 5.74) is 0. The van der Waals surface area contributed by atoms with Gasteiger partial charge in [-0.1, -0.05) is 245 Å². The first-order valence-electron chi connectivity index (χ1n) is 32.5. The number of hydrogen-bond acceptors (Lipinski definition) is 8. The molecular formula is C78H115NO8. The number of ether oxygens (including phenoxy) is 4. The number of esters is 2. The van der Waals surface area contributed by atoms with Gasteiger partial charge in [-0.2, -0.15) is 0 Å². The lowest BCUT2D eigenvalue weighted by Gasteiger charge is -2.26. The Hall–Kier alpha value is -6.65. The van der Waals surface area contributed by atoms with E-state index in [1.165, 1.54) is 0 Å². The zero-order valence-electron chi connectivity index (χ0n) is 54.5. The second kappa shape index (κ2) is 65.3. The summed E-state index contributed by atoms with van der Waals surface area (Å²) in [7, 11) is 5.87. The molecule has 0 aliphatic rings. The Morgan fingerprint density at radius 1 is 0.345 bits per heavy atom. The highest BCUT2D eigenvalue weighted by Gasteiger charge is 2.21. The average molecular weight is 1190 g/mol. The SMILES string of the molecule is CC/C=C\C/C=C\C/C=C\C/C=C\C/C=C\C/C=C\C/C=C\C/C=C\C/C=C\C/C=C\CCCCC(=O)OC(COC(=O)CCC/C=C\C/C=C\C/C=C\C/C=C\C/C=C\C/C=C\C/C=C\C/C=C\C/C=C\CC)COC(OCC[N+](C)(C)C)C(=O)[O-]. The normalized spacial score (nSPS) is 14.3. The van der Waals surface area contributed by atoms with Crippen LogP contribution in [0.4, 0.5) is 0 Å². The van der Waals surface area contributed by atoms with Crippen molar-refractivity contribution in [1.82, 2.24) is 0 Å². The lowest BCUT2D eigenvalue weighted by molar-refractivity contribution is -0.870. The number of carboxylic acid groups (broad SMARTS) is 1. The summed E-state index contributed by atoms with van der Waals surface area (Å²) < 4.78 is 22.6. The van der Waals surface area contributed by atoms with Crippen molar-refractivity contribution in [3.8, 4) is 0 Å². The number of carboxylic acids is 1. The van der Waals surface area contributed by atoms with Crippen LogP contribution in [0.25, 0.3) is 0 Å². The molecule has 0 saturated heterocycles. The van der Waals surface area contributed by atoms with Crippen molar-refractivity contribution in [3.63, 3.8) is 0 Å². The van der Waals surface area contributed by atoms with E-state index in [4.69, 9.17) is 18.9 Å². The van der Waals surface area contributed by atoms with Gasteiger partial charge in [-0.3, -0.25) is 9.59 Å². The topological polar surface area (TPSA) is 111 Å². The zero-order chi connectivity index (χ0) is 63.3. The third kappa shape index (κ3) is 66.7. The van der Waals surface area contributed by atoms with E-state index in [1.54, 1.807) is 0 Å². The van der Waals surface area contributed by atoms with Crippen LogP contribution in [-0.4, -0.2) is 82.3 Å². The summed E-state index contributed by atoms with van der Waals surface area (Å²) in [6.45, 7) is 4.35. The van der Waals surface area contributed by atoms with Crippen molar-refractivity contribution < 1.29 is 42.9 Å². The van der Waals surface area contributed by atoms with Crippen LogP contribution in [0, 0.1) is 0 Å². The largest absolute Gasteiger partial charge is 0.545 e. The Bertz CT molecular complexity index is 2270. The number of allylic oxidation sites excluding steroid dienone is 38. The molecule has 0 aliphatic carbocycles. The number of carbonyl (C=O) groups excluding carboxylic acids is 3. The summed E-state index contributed by atoms with van der Waals surface area (Å²) in [6, 6.07) is 0. The molecule has 0 aromatic carbocycles. The molecule has 0 aromatic heterocycles. The number of aliphatic carboxylic acids is 1. The lowest BCUT2D eigenvalue weighted by Crippen LogP contribution is -2.44. The fraction of sp³-hybridized carbons (Fsp3) is 0.474. The first-order chi connectivity index (χ1) is 42.6. The van der Waals surface area contributed by atoms with E-state index in [0.29, 0.717) is 30.3 Å². The number of nitrogens with zero attached hydrogens (tertiary/aromatic N) is 1. The molecule has 0 aliphatic heterocycles. The molecule has 0 fully saturated rings. The number of likely N-dealkylation sites (N-methyl/N-ethyl adjacent to an activating group) is 1. The fourth-order valence-corrected chi connectivity index (χ4v) is 7.50. The highest BCUT2D eigenvalue weighted by atomic mass is 16.7. The molecular weight excluding hydrogens is 1080 g/mol. The Labute approximate surface area is 529 Å². The van der Waals surface area contributed by atoms with E-state index < -0.39 is 30.3 Å². The Morgan fingerprint density at radius 2 is 0.621 bits per heavy atom. The van der Waals surface area contributed by atoms with Gasteiger partial charge in [0.15, 0.2) is 12.4 Å². The average Bonchev–Trinajstić information content (AvgIpc) is 3.59. The molecule has 0 N–H and O–H groups in total. The number of quaternary nitrogens is 1. The highest BCUT2D eigenvalue weighted by Crippen LogP contribution is 2.10. The van der Waals surface area contributed by atoms with Crippen molar-refractivity contribution in [3.05, 3.63) is 231 Å². The second-order valence-corrected chi connectivity index (χ2v) is 21.6. The molecule has 480 valence electrons. The van der Waals surface area contributed by atoms with Gasteiger partial charge in [0, 0.05) is 12.8 Å². The molecule has 0 rings (SSSR count). The van der Waals surface area contributed by atoms with Gasteiger partial charge in [-0.25, -0.2) is 0 Å². The van der Waals surface area contributed by atoms with Gasteiger partial charge in [-0.15, -0.1) is 0 Å². The lowest BCUT2D eigenvalue weighted by atomic mass is 10.2. The standard InChI is InChI=1S/C78H115NO8/c1-6-8-10-12-14-16-18-20-22-24-26-28-30-32-34-36-37-38-39-41-43-45-47-49-51-53-55-57-59-61-63-65-67-69-76(81)87-74(73-86-78(77(82)83)84-71-70-79(3,4)5)72-85-75(80)68-66-64-62-60-58-56-54-52-50-48-46-44-42-40-35-33-31-29-27-25-23-21-19-17-15-13-11-9-7-2/h8-11,14-17,20-23,26-29,32-35,37-38,41-44,47-50,53-56,59-62,74,78H,6-7,12-13,18-19,24-25,30-31,36,39-40,45-46,51-52,57-58,63-73H2,1-5H3/b10-8-,11-9-,16-14-,17-15-,22-20-,23-21-,28-26-,29-27-,34-32-,35-33-,38-37-,43-41-,44-42-,49-47-,50-48-,55-53-,56-54-,61-59-,62-60-. The van der Waals surface area contributed by atoms with E-state index in [9.17, 15) is 19.5 Å². The third-order valence-corrected chi connectivity index (χ3v) is 12.4. The molecule has 2 unspecified atom stereocenters. The van der Waals surface area contributed by atoms with Crippen LogP contribution in [0.1, 0.15) is 181 Å². The summed E-state index contributed by atoms with van der Waals surface area (Å²) in [6.07, 6.45) is 103. The molecule has 0 aromatic rings.